The number of aromatic nitrogens is 1. The predicted molar refractivity (Wildman–Crippen MR) is 172 cm³/mol. The van der Waals surface area contributed by atoms with Crippen LogP contribution in [0.5, 0.6) is 0 Å². The Labute approximate surface area is 263 Å². The number of piperazine rings is 1. The number of carbonyl (C=O) groups is 3. The Bertz CT molecular complexity index is 1470. The Morgan fingerprint density at radius 1 is 1.05 bits per heavy atom. The average Bonchev–Trinajstić information content (AvgIpc) is 3.60. The van der Waals surface area contributed by atoms with E-state index in [0.29, 0.717) is 70.4 Å². The summed E-state index contributed by atoms with van der Waals surface area (Å²) in [5.41, 5.74) is 3.12. The van der Waals surface area contributed by atoms with Crippen molar-refractivity contribution in [1.29, 1.82) is 0 Å². The molecule has 2 saturated heterocycles. The van der Waals surface area contributed by atoms with E-state index in [4.69, 9.17) is 9.72 Å². The van der Waals surface area contributed by atoms with Crippen LogP contribution in [-0.2, 0) is 20.9 Å². The molecule has 1 saturated carbocycles. The van der Waals surface area contributed by atoms with Crippen LogP contribution in [0.1, 0.15) is 61.4 Å². The predicted octanol–water partition coefficient (Wildman–Crippen LogP) is 4.56. The number of nitrogens with zero attached hydrogens (tertiary/aromatic N) is 4. The molecule has 1 aliphatic carbocycles. The highest BCUT2D eigenvalue weighted by molar-refractivity contribution is 7.13. The van der Waals surface area contributed by atoms with E-state index in [2.05, 4.69) is 17.1 Å². The molecule has 2 aliphatic heterocycles. The molecule has 2 aromatic heterocycles. The van der Waals surface area contributed by atoms with Crippen molar-refractivity contribution in [2.75, 3.05) is 52.5 Å². The molecule has 3 amide bonds. The molecule has 3 aliphatic rings. The Hall–Kier alpha value is -3.34. The van der Waals surface area contributed by atoms with Gasteiger partial charge < -0.3 is 19.9 Å². The lowest BCUT2D eigenvalue weighted by Crippen LogP contribution is -2.51. The number of amides is 3. The van der Waals surface area contributed by atoms with Crippen LogP contribution in [0.4, 0.5) is 0 Å². The van der Waals surface area contributed by atoms with E-state index in [1.54, 1.807) is 16.2 Å². The first-order chi connectivity index (χ1) is 21.5. The molecule has 9 nitrogen and oxygen atoms in total. The van der Waals surface area contributed by atoms with Crippen LogP contribution < -0.4 is 5.32 Å². The minimum Gasteiger partial charge on any atom is -0.378 e. The largest absolute Gasteiger partial charge is 0.378 e. The summed E-state index contributed by atoms with van der Waals surface area (Å²) in [7, 11) is 0. The number of pyridine rings is 1. The molecule has 6 rings (SSSR count). The molecule has 1 unspecified atom stereocenters. The molecular formula is C34H43N5O4S. The first kappa shape index (κ1) is 30.7. The van der Waals surface area contributed by atoms with Gasteiger partial charge in [-0.1, -0.05) is 43.5 Å². The SMILES string of the molecule is CC(NC(=O)c1c(CN2CCN(CCC(=O)N3CCOCC3)C(=O)C2)c(-c2cccs2)nc2ccccc12)C1CCCCC1. The zero-order valence-electron chi connectivity index (χ0n) is 25.6. The van der Waals surface area contributed by atoms with Crippen LogP contribution in [0.25, 0.3) is 21.5 Å². The first-order valence-corrected chi connectivity index (χ1v) is 17.0. The zero-order valence-corrected chi connectivity index (χ0v) is 26.4. The van der Waals surface area contributed by atoms with Gasteiger partial charge in [0.25, 0.3) is 5.91 Å². The Kier molecular flexibility index (Phi) is 9.88. The van der Waals surface area contributed by atoms with E-state index in [9.17, 15) is 14.4 Å². The van der Waals surface area contributed by atoms with Gasteiger partial charge in [0.05, 0.1) is 41.4 Å². The number of para-hydroxylation sites is 1. The molecule has 44 heavy (non-hydrogen) atoms. The molecule has 0 radical (unpaired) electrons. The summed E-state index contributed by atoms with van der Waals surface area (Å²) >= 11 is 1.61. The molecule has 0 spiro atoms. The third kappa shape index (κ3) is 6.98. The fourth-order valence-electron chi connectivity index (χ4n) is 6.87. The highest BCUT2D eigenvalue weighted by atomic mass is 32.1. The van der Waals surface area contributed by atoms with E-state index in [1.807, 2.05) is 46.7 Å². The third-order valence-electron chi connectivity index (χ3n) is 9.43. The lowest BCUT2D eigenvalue weighted by Gasteiger charge is -2.35. The van der Waals surface area contributed by atoms with E-state index in [0.717, 1.165) is 39.9 Å². The van der Waals surface area contributed by atoms with Gasteiger partial charge in [-0.3, -0.25) is 19.3 Å². The minimum absolute atomic E-state index is 0.00868. The summed E-state index contributed by atoms with van der Waals surface area (Å²) in [4.78, 5) is 52.0. The number of benzene rings is 1. The fourth-order valence-corrected chi connectivity index (χ4v) is 7.61. The molecule has 1 aromatic carbocycles. The van der Waals surface area contributed by atoms with Gasteiger partial charge in [0.1, 0.15) is 0 Å². The van der Waals surface area contributed by atoms with Crippen molar-refractivity contribution in [2.24, 2.45) is 5.92 Å². The second-order valence-corrected chi connectivity index (χ2v) is 13.3. The highest BCUT2D eigenvalue weighted by Crippen LogP contribution is 2.34. The molecule has 10 heteroatoms. The summed E-state index contributed by atoms with van der Waals surface area (Å²) in [6.45, 7) is 6.81. The van der Waals surface area contributed by atoms with Crippen molar-refractivity contribution in [1.82, 2.24) is 25.0 Å². The van der Waals surface area contributed by atoms with Gasteiger partial charge >= 0.3 is 0 Å². The van der Waals surface area contributed by atoms with Crippen LogP contribution in [0.15, 0.2) is 41.8 Å². The Morgan fingerprint density at radius 3 is 2.59 bits per heavy atom. The topological polar surface area (TPSA) is 95.1 Å². The summed E-state index contributed by atoms with van der Waals surface area (Å²) in [5, 5.41) is 6.24. The van der Waals surface area contributed by atoms with Gasteiger partial charge in [-0.15, -0.1) is 11.3 Å². The van der Waals surface area contributed by atoms with E-state index in [1.165, 1.54) is 19.3 Å². The number of fused-ring (bicyclic) bond motifs is 1. The standard InChI is InChI=1S/C34H43N5O4S/c1-24(25-8-3-2-4-9-25)35-34(42)32-26-10-5-6-11-28(26)36-33(29-12-7-21-44-29)27(32)22-37-15-16-38(31(41)23-37)14-13-30(40)39-17-19-43-20-18-39/h5-7,10-12,21,24-25H,2-4,8-9,13-20,22-23H2,1H3,(H,35,42). The van der Waals surface area contributed by atoms with Gasteiger partial charge in [0.2, 0.25) is 11.8 Å². The maximum absolute atomic E-state index is 14.2. The summed E-state index contributed by atoms with van der Waals surface area (Å²) in [5.74, 6) is 0.502. The van der Waals surface area contributed by atoms with E-state index < -0.39 is 0 Å². The first-order valence-electron chi connectivity index (χ1n) is 16.1. The number of morpholine rings is 1. The molecular weight excluding hydrogens is 574 g/mol. The van der Waals surface area contributed by atoms with Crippen LogP contribution in [0.3, 0.4) is 0 Å². The lowest BCUT2D eigenvalue weighted by atomic mass is 9.84. The number of thiophene rings is 1. The summed E-state index contributed by atoms with van der Waals surface area (Å²) < 4.78 is 5.35. The molecule has 1 atom stereocenters. The van der Waals surface area contributed by atoms with Crippen LogP contribution >= 0.6 is 11.3 Å². The highest BCUT2D eigenvalue weighted by Gasteiger charge is 2.30. The van der Waals surface area contributed by atoms with Crippen LogP contribution in [-0.4, -0.2) is 95.9 Å². The van der Waals surface area contributed by atoms with Crippen molar-refractivity contribution in [3.05, 3.63) is 52.9 Å². The minimum atomic E-state index is -0.0685. The van der Waals surface area contributed by atoms with Crippen molar-refractivity contribution in [3.8, 4) is 10.6 Å². The molecule has 4 heterocycles. The number of ether oxygens (including phenoxy) is 1. The molecule has 3 aromatic rings. The lowest BCUT2D eigenvalue weighted by molar-refractivity contribution is -0.139. The smallest absolute Gasteiger partial charge is 0.252 e. The average molecular weight is 618 g/mol. The molecule has 0 bridgehead atoms. The van der Waals surface area contributed by atoms with Crippen molar-refractivity contribution < 1.29 is 19.1 Å². The van der Waals surface area contributed by atoms with E-state index in [-0.39, 0.29) is 30.3 Å². The van der Waals surface area contributed by atoms with Gasteiger partial charge in [-0.05, 0) is 43.2 Å². The summed E-state index contributed by atoms with van der Waals surface area (Å²) in [6, 6.07) is 12.0. The Morgan fingerprint density at radius 2 is 1.84 bits per heavy atom. The number of hydrogen-bond acceptors (Lipinski definition) is 7. The van der Waals surface area contributed by atoms with Gasteiger partial charge in [-0.25, -0.2) is 4.98 Å². The van der Waals surface area contributed by atoms with E-state index >= 15 is 0 Å². The van der Waals surface area contributed by atoms with Crippen LogP contribution in [0, 0.1) is 5.92 Å². The number of hydrogen-bond donors (Lipinski definition) is 1. The van der Waals surface area contributed by atoms with Crippen LogP contribution in [0.2, 0.25) is 0 Å². The third-order valence-corrected chi connectivity index (χ3v) is 10.3. The Balaban J connectivity index is 1.23. The molecule has 3 fully saturated rings. The number of carbonyl (C=O) groups excluding carboxylic acids is 3. The maximum atomic E-state index is 14.2. The normalized spacial score (nSPS) is 19.3. The zero-order chi connectivity index (χ0) is 30.5. The fraction of sp³-hybridized carbons (Fsp3) is 0.529. The molecule has 1 N–H and O–H groups in total. The summed E-state index contributed by atoms with van der Waals surface area (Å²) in [6.07, 6.45) is 6.34. The van der Waals surface area contributed by atoms with Gasteiger partial charge in [-0.2, -0.15) is 0 Å². The number of rotatable bonds is 9. The van der Waals surface area contributed by atoms with Crippen molar-refractivity contribution >= 4 is 40.0 Å². The molecule has 234 valence electrons. The van der Waals surface area contributed by atoms with Gasteiger partial charge in [0, 0.05) is 62.7 Å². The second-order valence-electron chi connectivity index (χ2n) is 12.3. The quantitative estimate of drug-likeness (QED) is 0.379. The van der Waals surface area contributed by atoms with Gasteiger partial charge in [0.15, 0.2) is 0 Å². The maximum Gasteiger partial charge on any atom is 0.252 e. The van der Waals surface area contributed by atoms with Crippen molar-refractivity contribution in [2.45, 2.75) is 58.0 Å². The second kappa shape index (κ2) is 14.2. The monoisotopic (exact) mass is 617 g/mol. The number of nitrogens with one attached hydrogen (secondary N) is 1. The van der Waals surface area contributed by atoms with Crippen molar-refractivity contribution in [3.63, 3.8) is 0 Å².